The number of carboxylic acid groups (broad SMARTS) is 1. The van der Waals surface area contributed by atoms with Crippen LogP contribution in [0.4, 0.5) is 4.39 Å². The Bertz CT molecular complexity index is 1150. The quantitative estimate of drug-likeness (QED) is 0.450. The van der Waals surface area contributed by atoms with E-state index in [9.17, 15) is 14.3 Å². The zero-order valence-electron chi connectivity index (χ0n) is 18.4. The Hall–Kier alpha value is -3.39. The molecule has 0 saturated heterocycles. The monoisotopic (exact) mass is 467 g/mol. The predicted molar refractivity (Wildman–Crippen MR) is 132 cm³/mol. The molecular weight excluding hydrogens is 441 g/mol. The summed E-state index contributed by atoms with van der Waals surface area (Å²) in [4.78, 5) is 21.2. The molecule has 0 amide bonds. The maximum Gasteiger partial charge on any atom is 0.332 e. The molecule has 0 saturated carbocycles. The highest BCUT2D eigenvalue weighted by atomic mass is 32.2. The van der Waals surface area contributed by atoms with Crippen molar-refractivity contribution in [3.05, 3.63) is 85.0 Å². The minimum atomic E-state index is -1.37. The van der Waals surface area contributed by atoms with Crippen molar-refractivity contribution in [3.63, 3.8) is 0 Å². The molecule has 0 aliphatic carbocycles. The topological polar surface area (TPSA) is 83.8 Å². The van der Waals surface area contributed by atoms with Crippen LogP contribution < -0.4 is 10.1 Å². The number of fused-ring (bicyclic) bond motifs is 1. The van der Waals surface area contributed by atoms with Gasteiger partial charge in [-0.25, -0.2) is 9.18 Å². The van der Waals surface area contributed by atoms with Gasteiger partial charge in [0.15, 0.2) is 5.54 Å². The first kappa shape index (κ1) is 24.3. The lowest BCUT2D eigenvalue weighted by Gasteiger charge is -2.22. The summed E-state index contributed by atoms with van der Waals surface area (Å²) in [5.74, 6) is -0.492. The van der Waals surface area contributed by atoms with Crippen molar-refractivity contribution < 1.29 is 19.0 Å². The fourth-order valence-electron chi connectivity index (χ4n) is 3.27. The fraction of sp³-hybridized carbons (Fsp3) is 0.240. The fourth-order valence-corrected chi connectivity index (χ4v) is 4.35. The third kappa shape index (κ3) is 6.32. The van der Waals surface area contributed by atoms with Crippen molar-refractivity contribution in [2.45, 2.75) is 18.9 Å². The second kappa shape index (κ2) is 11.0. The minimum absolute atomic E-state index is 0.0979. The Balaban J connectivity index is 1.78. The minimum Gasteiger partial charge on any atom is -0.484 e. The molecule has 1 unspecified atom stereocenters. The SMILES string of the molecule is C=CC(=C)/C=C(/CC1(C(=O)O)CSC(COc2cccc3cccnc23)=N1)NC/C=C(\C)F. The lowest BCUT2D eigenvalue weighted by Crippen LogP contribution is -2.39. The van der Waals surface area contributed by atoms with Gasteiger partial charge in [0, 0.05) is 36.0 Å². The Morgan fingerprint density at radius 1 is 1.39 bits per heavy atom. The van der Waals surface area contributed by atoms with E-state index in [1.807, 2.05) is 30.3 Å². The molecule has 6 nitrogen and oxygen atoms in total. The van der Waals surface area contributed by atoms with E-state index in [2.05, 4.69) is 28.5 Å². The van der Waals surface area contributed by atoms with Crippen molar-refractivity contribution in [1.82, 2.24) is 10.3 Å². The van der Waals surface area contributed by atoms with Gasteiger partial charge < -0.3 is 15.2 Å². The summed E-state index contributed by atoms with van der Waals surface area (Å²) >= 11 is 1.35. The number of hydrogen-bond donors (Lipinski definition) is 2. The van der Waals surface area contributed by atoms with E-state index < -0.39 is 11.5 Å². The number of nitrogens with one attached hydrogen (secondary N) is 1. The molecule has 2 aromatic rings. The number of hydrogen-bond acceptors (Lipinski definition) is 6. The van der Waals surface area contributed by atoms with Gasteiger partial charge in [-0.05, 0) is 36.8 Å². The number of pyridine rings is 1. The number of ether oxygens (including phenoxy) is 1. The van der Waals surface area contributed by atoms with Gasteiger partial charge in [0.25, 0.3) is 0 Å². The van der Waals surface area contributed by atoms with Crippen molar-refractivity contribution in [2.24, 2.45) is 4.99 Å². The number of allylic oxidation sites excluding steroid dienone is 4. The summed E-state index contributed by atoms with van der Waals surface area (Å²) in [5, 5.41) is 14.6. The van der Waals surface area contributed by atoms with E-state index in [1.54, 1.807) is 18.3 Å². The number of benzene rings is 1. The van der Waals surface area contributed by atoms with Crippen LogP contribution in [0.15, 0.2) is 90.0 Å². The number of rotatable bonds is 11. The van der Waals surface area contributed by atoms with Gasteiger partial charge >= 0.3 is 5.97 Å². The molecule has 33 heavy (non-hydrogen) atoms. The first-order valence-electron chi connectivity index (χ1n) is 10.3. The number of carbonyl (C=O) groups is 1. The normalized spacial score (nSPS) is 18.7. The molecular formula is C25H26FN3O3S. The molecule has 8 heteroatoms. The van der Waals surface area contributed by atoms with Gasteiger partial charge in [-0.2, -0.15) is 0 Å². The predicted octanol–water partition coefficient (Wildman–Crippen LogP) is 5.06. The first-order chi connectivity index (χ1) is 15.8. The molecule has 0 fully saturated rings. The van der Waals surface area contributed by atoms with Crippen LogP contribution in [0, 0.1) is 0 Å². The van der Waals surface area contributed by atoms with Gasteiger partial charge in [-0.3, -0.25) is 9.98 Å². The Labute approximate surface area is 196 Å². The maximum atomic E-state index is 13.1. The van der Waals surface area contributed by atoms with Gasteiger partial charge in [0.1, 0.15) is 22.9 Å². The Morgan fingerprint density at radius 3 is 2.91 bits per heavy atom. The summed E-state index contributed by atoms with van der Waals surface area (Å²) < 4.78 is 19.0. The molecule has 1 atom stereocenters. The van der Waals surface area contributed by atoms with Crippen molar-refractivity contribution in [1.29, 1.82) is 0 Å². The number of aliphatic carboxylic acids is 1. The van der Waals surface area contributed by atoms with Crippen molar-refractivity contribution >= 4 is 33.7 Å². The second-order valence-corrected chi connectivity index (χ2v) is 8.60. The molecule has 0 bridgehead atoms. The zero-order chi connectivity index (χ0) is 23.8. The van der Waals surface area contributed by atoms with Gasteiger partial charge in [-0.1, -0.05) is 37.4 Å². The van der Waals surface area contributed by atoms with Crippen LogP contribution in [0.3, 0.4) is 0 Å². The van der Waals surface area contributed by atoms with Crippen LogP contribution in [-0.2, 0) is 4.79 Å². The maximum absolute atomic E-state index is 13.1. The van der Waals surface area contributed by atoms with Crippen LogP contribution in [-0.4, -0.2) is 45.5 Å². The lowest BCUT2D eigenvalue weighted by atomic mass is 9.95. The molecule has 3 rings (SSSR count). The molecule has 1 aliphatic rings. The summed E-state index contributed by atoms with van der Waals surface area (Å²) in [6, 6.07) is 9.46. The van der Waals surface area contributed by atoms with Crippen LogP contribution in [0.5, 0.6) is 5.75 Å². The van der Waals surface area contributed by atoms with Gasteiger partial charge in [0.05, 0.1) is 5.83 Å². The van der Waals surface area contributed by atoms with Gasteiger partial charge in [-0.15, -0.1) is 11.8 Å². The Morgan fingerprint density at radius 2 is 2.18 bits per heavy atom. The molecule has 1 aliphatic heterocycles. The summed E-state index contributed by atoms with van der Waals surface area (Å²) in [6.07, 6.45) is 6.44. The molecule has 0 radical (unpaired) electrons. The second-order valence-electron chi connectivity index (χ2n) is 7.55. The van der Waals surface area contributed by atoms with Crippen LogP contribution in [0.25, 0.3) is 10.9 Å². The highest BCUT2D eigenvalue weighted by molar-refractivity contribution is 8.14. The number of halogens is 1. The molecule has 2 N–H and O–H groups in total. The van der Waals surface area contributed by atoms with Crippen LogP contribution in [0.2, 0.25) is 0 Å². The Kier molecular flexibility index (Phi) is 8.06. The van der Waals surface area contributed by atoms with E-state index in [1.165, 1.54) is 24.8 Å². The average molecular weight is 468 g/mol. The standard InChI is InChI=1S/C25H26FN3O3S/c1-4-17(2)13-20(27-12-10-18(3)26)14-25(24(30)31)16-33-22(29-25)15-32-21-9-5-7-19-8-6-11-28-23(19)21/h4-11,13,27H,1-2,12,14-16H2,3H3,(H,30,31)/b18-10+,20-13-. The van der Waals surface area contributed by atoms with E-state index >= 15 is 0 Å². The summed E-state index contributed by atoms with van der Waals surface area (Å²) in [6.45, 7) is 9.25. The smallest absolute Gasteiger partial charge is 0.332 e. The van der Waals surface area contributed by atoms with Gasteiger partial charge in [0.2, 0.25) is 0 Å². The van der Waals surface area contributed by atoms with Crippen LogP contribution in [0.1, 0.15) is 13.3 Å². The van der Waals surface area contributed by atoms with Crippen LogP contribution >= 0.6 is 11.8 Å². The average Bonchev–Trinajstić information content (AvgIpc) is 3.21. The molecule has 0 spiro atoms. The molecule has 172 valence electrons. The largest absolute Gasteiger partial charge is 0.484 e. The van der Waals surface area contributed by atoms with E-state index in [4.69, 9.17) is 4.74 Å². The number of para-hydroxylation sites is 1. The van der Waals surface area contributed by atoms with Crippen molar-refractivity contribution in [3.8, 4) is 5.75 Å². The first-order valence-corrected chi connectivity index (χ1v) is 11.3. The van der Waals surface area contributed by atoms with E-state index in [0.717, 1.165) is 10.9 Å². The zero-order valence-corrected chi connectivity index (χ0v) is 19.2. The third-order valence-corrected chi connectivity index (χ3v) is 6.14. The number of aromatic nitrogens is 1. The number of thioether (sulfide) groups is 1. The molecule has 2 heterocycles. The summed E-state index contributed by atoms with van der Waals surface area (Å²) in [5.41, 5.74) is 0.571. The third-order valence-electron chi connectivity index (χ3n) is 4.98. The number of aliphatic imine (C=N–C) groups is 1. The highest BCUT2D eigenvalue weighted by Crippen LogP contribution is 2.34. The van der Waals surface area contributed by atoms with Crippen molar-refractivity contribution in [2.75, 3.05) is 18.9 Å². The summed E-state index contributed by atoms with van der Waals surface area (Å²) in [7, 11) is 0. The molecule has 1 aromatic carbocycles. The highest BCUT2D eigenvalue weighted by Gasteiger charge is 2.43. The lowest BCUT2D eigenvalue weighted by molar-refractivity contribution is -0.142. The number of nitrogens with zero attached hydrogens (tertiary/aromatic N) is 2. The molecule has 1 aromatic heterocycles. The van der Waals surface area contributed by atoms with E-state index in [0.29, 0.717) is 22.1 Å². The van der Waals surface area contributed by atoms with E-state index in [-0.39, 0.29) is 31.2 Å². The number of carboxylic acids is 1.